The highest BCUT2D eigenvalue weighted by Crippen LogP contribution is 2.35. The van der Waals surface area contributed by atoms with Crippen molar-refractivity contribution in [3.8, 4) is 0 Å². The van der Waals surface area contributed by atoms with Gasteiger partial charge < -0.3 is 4.74 Å². The molecule has 1 aliphatic heterocycles. The highest BCUT2D eigenvalue weighted by Gasteiger charge is 2.26. The summed E-state index contributed by atoms with van der Waals surface area (Å²) < 4.78 is 5.37. The number of alkyl halides is 1. The summed E-state index contributed by atoms with van der Waals surface area (Å²) in [5.41, 5.74) is 0.502. The van der Waals surface area contributed by atoms with Crippen LogP contribution in [-0.4, -0.2) is 18.5 Å². The lowest BCUT2D eigenvalue weighted by atomic mass is 9.78. The van der Waals surface area contributed by atoms with E-state index in [-0.39, 0.29) is 0 Å². The molecule has 0 spiro atoms. The minimum Gasteiger partial charge on any atom is -0.381 e. The molecule has 1 fully saturated rings. The van der Waals surface area contributed by atoms with Gasteiger partial charge in [0, 0.05) is 18.5 Å². The molecule has 1 heterocycles. The topological polar surface area (TPSA) is 9.23 Å². The van der Waals surface area contributed by atoms with Gasteiger partial charge in [-0.2, -0.15) is 0 Å². The van der Waals surface area contributed by atoms with Crippen molar-refractivity contribution in [1.82, 2.24) is 0 Å². The van der Waals surface area contributed by atoms with Crippen LogP contribution >= 0.6 is 15.9 Å². The first kappa shape index (κ1) is 11.5. The number of hydrogen-bond donors (Lipinski definition) is 0. The summed E-state index contributed by atoms with van der Waals surface area (Å²) in [4.78, 5) is 0. The van der Waals surface area contributed by atoms with Gasteiger partial charge in [0.15, 0.2) is 0 Å². The summed E-state index contributed by atoms with van der Waals surface area (Å²) in [6, 6.07) is 0. The molecule has 0 aromatic carbocycles. The lowest BCUT2D eigenvalue weighted by Crippen LogP contribution is -2.25. The summed E-state index contributed by atoms with van der Waals surface area (Å²) in [5.74, 6) is 0.899. The molecule has 1 nitrogen and oxygen atoms in total. The van der Waals surface area contributed by atoms with Crippen LogP contribution in [-0.2, 0) is 4.74 Å². The summed E-state index contributed by atoms with van der Waals surface area (Å²) in [6.45, 7) is 6.64. The van der Waals surface area contributed by atoms with E-state index in [1.165, 1.54) is 25.7 Å². The molecule has 78 valence electrons. The van der Waals surface area contributed by atoms with E-state index in [0.29, 0.717) is 5.41 Å². The van der Waals surface area contributed by atoms with Crippen LogP contribution in [0.4, 0.5) is 0 Å². The molecule has 1 saturated heterocycles. The van der Waals surface area contributed by atoms with Gasteiger partial charge in [0.1, 0.15) is 0 Å². The second-order valence-corrected chi connectivity index (χ2v) is 5.12. The highest BCUT2D eigenvalue weighted by molar-refractivity contribution is 9.09. The summed E-state index contributed by atoms with van der Waals surface area (Å²) in [7, 11) is 0. The molecule has 1 atom stereocenters. The van der Waals surface area contributed by atoms with Crippen molar-refractivity contribution < 1.29 is 4.74 Å². The van der Waals surface area contributed by atoms with Crippen molar-refractivity contribution in [2.75, 3.05) is 18.5 Å². The molecule has 1 aliphatic rings. The zero-order valence-electron chi connectivity index (χ0n) is 8.81. The Morgan fingerprint density at radius 3 is 2.46 bits per heavy atom. The minimum absolute atomic E-state index is 0.502. The Labute approximate surface area is 90.4 Å². The summed E-state index contributed by atoms with van der Waals surface area (Å²) in [6.07, 6.45) is 5.17. The van der Waals surface area contributed by atoms with Crippen molar-refractivity contribution in [1.29, 1.82) is 0 Å². The summed E-state index contributed by atoms with van der Waals surface area (Å²) in [5, 5.41) is 1.13. The molecule has 0 radical (unpaired) electrons. The fourth-order valence-electron chi connectivity index (χ4n) is 1.94. The van der Waals surface area contributed by atoms with E-state index in [0.717, 1.165) is 24.5 Å². The molecule has 0 amide bonds. The monoisotopic (exact) mass is 248 g/mol. The van der Waals surface area contributed by atoms with Gasteiger partial charge in [0.25, 0.3) is 0 Å². The van der Waals surface area contributed by atoms with Crippen LogP contribution in [0.2, 0.25) is 0 Å². The molecule has 0 aromatic heterocycles. The highest BCUT2D eigenvalue weighted by atomic mass is 79.9. The fourth-order valence-corrected chi connectivity index (χ4v) is 2.57. The zero-order valence-corrected chi connectivity index (χ0v) is 10.4. The first-order valence-corrected chi connectivity index (χ1v) is 6.46. The normalized spacial score (nSPS) is 24.2. The fraction of sp³-hybridized carbons (Fsp3) is 1.00. The maximum atomic E-state index is 5.37. The molecule has 0 N–H and O–H groups in total. The largest absolute Gasteiger partial charge is 0.381 e. The van der Waals surface area contributed by atoms with Crippen LogP contribution in [0.15, 0.2) is 0 Å². The van der Waals surface area contributed by atoms with Crippen molar-refractivity contribution in [3.63, 3.8) is 0 Å². The Kier molecular flexibility index (Phi) is 4.74. The predicted molar refractivity (Wildman–Crippen MR) is 60.4 cm³/mol. The van der Waals surface area contributed by atoms with Gasteiger partial charge in [-0.3, -0.25) is 0 Å². The average Bonchev–Trinajstić information content (AvgIpc) is 2.19. The van der Waals surface area contributed by atoms with E-state index in [1.807, 2.05) is 0 Å². The second kappa shape index (κ2) is 5.35. The quantitative estimate of drug-likeness (QED) is 0.691. The van der Waals surface area contributed by atoms with E-state index >= 15 is 0 Å². The maximum absolute atomic E-state index is 5.37. The van der Waals surface area contributed by atoms with Gasteiger partial charge in [-0.15, -0.1) is 0 Å². The number of hydrogen-bond acceptors (Lipinski definition) is 1. The van der Waals surface area contributed by atoms with Crippen molar-refractivity contribution in [2.24, 2.45) is 11.3 Å². The first-order valence-electron chi connectivity index (χ1n) is 5.34. The molecular weight excluding hydrogens is 228 g/mol. The van der Waals surface area contributed by atoms with Crippen LogP contribution in [0.1, 0.15) is 39.5 Å². The van der Waals surface area contributed by atoms with Crippen molar-refractivity contribution in [2.45, 2.75) is 39.5 Å². The standard InChI is InChI=1S/C11H21BrO/c1-3-11(2,9-12)8-10-4-6-13-7-5-10/h10H,3-9H2,1-2H3. The Bertz CT molecular complexity index is 137. The zero-order chi connectivity index (χ0) is 9.73. The van der Waals surface area contributed by atoms with E-state index in [9.17, 15) is 0 Å². The van der Waals surface area contributed by atoms with Crippen molar-refractivity contribution >= 4 is 15.9 Å². The lowest BCUT2D eigenvalue weighted by molar-refractivity contribution is 0.0514. The Balaban J connectivity index is 2.35. The first-order chi connectivity index (χ1) is 6.20. The third-order valence-electron chi connectivity index (χ3n) is 3.30. The van der Waals surface area contributed by atoms with Gasteiger partial charge in [-0.25, -0.2) is 0 Å². The lowest BCUT2D eigenvalue weighted by Gasteiger charge is -2.32. The van der Waals surface area contributed by atoms with Crippen molar-refractivity contribution in [3.05, 3.63) is 0 Å². The second-order valence-electron chi connectivity index (χ2n) is 4.56. The third kappa shape index (κ3) is 3.59. The SMILES string of the molecule is CCC(C)(CBr)CC1CCOCC1. The third-order valence-corrected chi connectivity index (χ3v) is 4.65. The van der Waals surface area contributed by atoms with E-state index in [1.54, 1.807) is 0 Å². The average molecular weight is 249 g/mol. The van der Waals surface area contributed by atoms with Gasteiger partial charge in [-0.05, 0) is 37.0 Å². The number of halogens is 1. The van der Waals surface area contributed by atoms with Crippen LogP contribution in [0.5, 0.6) is 0 Å². The molecule has 0 aromatic rings. The number of rotatable bonds is 4. The molecule has 0 bridgehead atoms. The number of ether oxygens (including phenoxy) is 1. The van der Waals surface area contributed by atoms with Crippen LogP contribution in [0.3, 0.4) is 0 Å². The van der Waals surface area contributed by atoms with Gasteiger partial charge in [-0.1, -0.05) is 29.8 Å². The molecule has 1 unspecified atom stereocenters. The smallest absolute Gasteiger partial charge is 0.0468 e. The molecule has 1 rings (SSSR count). The Hall–Kier alpha value is 0.440. The van der Waals surface area contributed by atoms with E-state index in [4.69, 9.17) is 4.74 Å². The Morgan fingerprint density at radius 2 is 2.00 bits per heavy atom. The Morgan fingerprint density at radius 1 is 1.38 bits per heavy atom. The maximum Gasteiger partial charge on any atom is 0.0468 e. The molecule has 2 heteroatoms. The molecule has 0 aliphatic carbocycles. The molecule has 13 heavy (non-hydrogen) atoms. The van der Waals surface area contributed by atoms with Gasteiger partial charge in [0.2, 0.25) is 0 Å². The molecule has 0 saturated carbocycles. The van der Waals surface area contributed by atoms with Crippen LogP contribution < -0.4 is 0 Å². The van der Waals surface area contributed by atoms with Gasteiger partial charge >= 0.3 is 0 Å². The molecular formula is C11H21BrO. The minimum atomic E-state index is 0.502. The van der Waals surface area contributed by atoms with Gasteiger partial charge in [0.05, 0.1) is 0 Å². The van der Waals surface area contributed by atoms with E-state index in [2.05, 4.69) is 29.8 Å². The predicted octanol–water partition coefficient (Wildman–Crippen LogP) is 3.61. The van der Waals surface area contributed by atoms with Crippen LogP contribution in [0, 0.1) is 11.3 Å². The van der Waals surface area contributed by atoms with E-state index < -0.39 is 0 Å². The van der Waals surface area contributed by atoms with Crippen LogP contribution in [0.25, 0.3) is 0 Å². The summed E-state index contributed by atoms with van der Waals surface area (Å²) >= 11 is 3.63.